The maximum atomic E-state index is 14.6. The zero-order valence-corrected chi connectivity index (χ0v) is 18.8. The van der Waals surface area contributed by atoms with Crippen LogP contribution < -0.4 is 5.32 Å². The molecule has 1 unspecified atom stereocenters. The maximum absolute atomic E-state index is 14.6. The van der Waals surface area contributed by atoms with Crippen molar-refractivity contribution < 1.29 is 19.0 Å². The molecular formula is C26H33FN2O3. The van der Waals surface area contributed by atoms with Crippen LogP contribution in [-0.4, -0.2) is 67.8 Å². The number of carbonyl (C=O) groups is 1. The molecule has 0 aromatic heterocycles. The van der Waals surface area contributed by atoms with E-state index >= 15 is 0 Å². The molecule has 0 aliphatic carbocycles. The molecule has 0 radical (unpaired) electrons. The van der Waals surface area contributed by atoms with Gasteiger partial charge in [0.05, 0.1) is 12.7 Å². The number of halogens is 1. The highest BCUT2D eigenvalue weighted by atomic mass is 19.1. The lowest BCUT2D eigenvalue weighted by Crippen LogP contribution is -2.55. The summed E-state index contributed by atoms with van der Waals surface area (Å²) in [5.74, 6) is -0.755. The van der Waals surface area contributed by atoms with E-state index in [1.54, 1.807) is 20.1 Å². The van der Waals surface area contributed by atoms with Gasteiger partial charge in [0.15, 0.2) is 5.78 Å². The largest absolute Gasteiger partial charge is 0.391 e. The molecule has 2 aliphatic rings. The minimum Gasteiger partial charge on any atom is -0.391 e. The van der Waals surface area contributed by atoms with Crippen molar-refractivity contribution in [3.05, 3.63) is 71.0 Å². The van der Waals surface area contributed by atoms with Crippen LogP contribution in [0.5, 0.6) is 0 Å². The highest BCUT2D eigenvalue weighted by Gasteiger charge is 2.47. The first-order valence-corrected chi connectivity index (χ1v) is 11.5. The van der Waals surface area contributed by atoms with Crippen LogP contribution in [0.25, 0.3) is 0 Å². The van der Waals surface area contributed by atoms with Gasteiger partial charge in [-0.3, -0.25) is 9.69 Å². The van der Waals surface area contributed by atoms with Crippen molar-refractivity contribution in [3.8, 4) is 0 Å². The Bertz CT molecular complexity index is 923. The first-order valence-electron chi connectivity index (χ1n) is 11.5. The van der Waals surface area contributed by atoms with E-state index in [0.29, 0.717) is 37.2 Å². The average molecular weight is 441 g/mol. The summed E-state index contributed by atoms with van der Waals surface area (Å²) in [6.07, 6.45) is 0.206. The van der Waals surface area contributed by atoms with Gasteiger partial charge < -0.3 is 15.2 Å². The summed E-state index contributed by atoms with van der Waals surface area (Å²) < 4.78 is 19.9. The van der Waals surface area contributed by atoms with Gasteiger partial charge in [-0.2, -0.15) is 0 Å². The van der Waals surface area contributed by atoms with E-state index in [1.165, 1.54) is 6.07 Å². The van der Waals surface area contributed by atoms with E-state index in [2.05, 4.69) is 10.2 Å². The SMILES string of the molecule is COCCN1CC(C(=O)c2ccccc2)[C@H](c2cccc(F)c2C)[C@@H]([C@H]2NCC[C@@H]2O)C1. The number of benzene rings is 2. The second-order valence-electron chi connectivity index (χ2n) is 9.07. The van der Waals surface area contributed by atoms with Crippen LogP contribution in [-0.2, 0) is 4.74 Å². The molecule has 0 bridgehead atoms. The highest BCUT2D eigenvalue weighted by Crippen LogP contribution is 2.43. The van der Waals surface area contributed by atoms with Gasteiger partial charge in [-0.25, -0.2) is 4.39 Å². The minimum atomic E-state index is -0.480. The lowest BCUT2D eigenvalue weighted by atomic mass is 9.67. The zero-order valence-electron chi connectivity index (χ0n) is 18.8. The van der Waals surface area contributed by atoms with Gasteiger partial charge in [0.1, 0.15) is 5.82 Å². The van der Waals surface area contributed by atoms with Gasteiger partial charge in [-0.1, -0.05) is 42.5 Å². The molecule has 2 aromatic rings. The average Bonchev–Trinajstić information content (AvgIpc) is 3.25. The Morgan fingerprint density at radius 3 is 2.66 bits per heavy atom. The molecule has 2 N–H and O–H groups in total. The Kier molecular flexibility index (Phi) is 7.36. The van der Waals surface area contributed by atoms with Crippen LogP contribution in [0.2, 0.25) is 0 Å². The third-order valence-electron chi connectivity index (χ3n) is 7.19. The number of hydrogen-bond donors (Lipinski definition) is 2. The lowest BCUT2D eigenvalue weighted by Gasteiger charge is -2.47. The summed E-state index contributed by atoms with van der Waals surface area (Å²) in [5, 5.41) is 14.2. The topological polar surface area (TPSA) is 61.8 Å². The van der Waals surface area contributed by atoms with Gasteiger partial charge in [0, 0.05) is 50.2 Å². The van der Waals surface area contributed by atoms with E-state index in [-0.39, 0.29) is 35.4 Å². The van der Waals surface area contributed by atoms with E-state index in [1.807, 2.05) is 36.4 Å². The second kappa shape index (κ2) is 10.2. The second-order valence-corrected chi connectivity index (χ2v) is 9.07. The van der Waals surface area contributed by atoms with E-state index in [4.69, 9.17) is 4.74 Å². The fourth-order valence-electron chi connectivity index (χ4n) is 5.56. The first kappa shape index (κ1) is 23.1. The van der Waals surface area contributed by atoms with Crippen molar-refractivity contribution in [2.75, 3.05) is 39.9 Å². The first-order chi connectivity index (χ1) is 15.5. The predicted molar refractivity (Wildman–Crippen MR) is 122 cm³/mol. The van der Waals surface area contributed by atoms with Crippen molar-refractivity contribution in [2.45, 2.75) is 31.4 Å². The van der Waals surface area contributed by atoms with Crippen molar-refractivity contribution in [1.29, 1.82) is 0 Å². The fourth-order valence-corrected chi connectivity index (χ4v) is 5.56. The Morgan fingerprint density at radius 2 is 1.97 bits per heavy atom. The Morgan fingerprint density at radius 1 is 1.19 bits per heavy atom. The molecule has 6 heteroatoms. The minimum absolute atomic E-state index is 0.0312. The molecule has 0 spiro atoms. The molecule has 4 rings (SSSR count). The summed E-state index contributed by atoms with van der Waals surface area (Å²) in [5.41, 5.74) is 2.13. The molecule has 2 aliphatic heterocycles. The lowest BCUT2D eigenvalue weighted by molar-refractivity contribution is 0.0302. The number of likely N-dealkylation sites (tertiary alicyclic amines) is 1. The number of hydrogen-bond acceptors (Lipinski definition) is 5. The Hall–Kier alpha value is -2.12. The molecular weight excluding hydrogens is 407 g/mol. The van der Waals surface area contributed by atoms with E-state index < -0.39 is 6.10 Å². The van der Waals surface area contributed by atoms with Gasteiger partial charge in [-0.15, -0.1) is 0 Å². The summed E-state index contributed by atoms with van der Waals surface area (Å²) in [4.78, 5) is 16.1. The van der Waals surface area contributed by atoms with Gasteiger partial charge in [-0.05, 0) is 43.0 Å². The summed E-state index contributed by atoms with van der Waals surface area (Å²) >= 11 is 0. The molecule has 0 saturated carbocycles. The van der Waals surface area contributed by atoms with E-state index in [9.17, 15) is 14.3 Å². The molecule has 5 atom stereocenters. The number of aliphatic hydroxyl groups is 1. The summed E-state index contributed by atoms with van der Waals surface area (Å²) in [6.45, 7) is 5.12. The fraction of sp³-hybridized carbons (Fsp3) is 0.500. The monoisotopic (exact) mass is 440 g/mol. The number of piperidine rings is 1. The number of carbonyl (C=O) groups excluding carboxylic acids is 1. The number of ether oxygens (including phenoxy) is 1. The summed E-state index contributed by atoms with van der Waals surface area (Å²) in [7, 11) is 1.68. The van der Waals surface area contributed by atoms with Crippen LogP contribution in [0, 0.1) is 24.6 Å². The number of methoxy groups -OCH3 is 1. The number of aliphatic hydroxyl groups excluding tert-OH is 1. The maximum Gasteiger partial charge on any atom is 0.167 e. The van der Waals surface area contributed by atoms with E-state index in [0.717, 1.165) is 18.7 Å². The highest BCUT2D eigenvalue weighted by molar-refractivity contribution is 5.98. The number of Topliss-reactive ketones (excluding diaryl/α,β-unsaturated/α-hetero) is 1. The van der Waals surface area contributed by atoms with Crippen molar-refractivity contribution >= 4 is 5.78 Å². The number of ketones is 1. The Balaban J connectivity index is 1.79. The van der Waals surface area contributed by atoms with Crippen molar-refractivity contribution in [1.82, 2.24) is 10.2 Å². The van der Waals surface area contributed by atoms with Gasteiger partial charge >= 0.3 is 0 Å². The van der Waals surface area contributed by atoms with Crippen molar-refractivity contribution in [3.63, 3.8) is 0 Å². The number of nitrogens with one attached hydrogen (secondary N) is 1. The normalized spacial score (nSPS) is 28.7. The molecule has 5 nitrogen and oxygen atoms in total. The van der Waals surface area contributed by atoms with Crippen LogP contribution in [0.4, 0.5) is 4.39 Å². The van der Waals surface area contributed by atoms with Crippen molar-refractivity contribution in [2.24, 2.45) is 11.8 Å². The number of rotatable bonds is 7. The van der Waals surface area contributed by atoms with Gasteiger partial charge in [0.25, 0.3) is 0 Å². The standard InChI is InChI=1S/C26H33FN2O3/c1-17-19(9-6-10-22(17)27)24-20(25-23(30)11-12-28-25)15-29(13-14-32-2)16-21(24)26(31)18-7-4-3-5-8-18/h3-10,20-21,23-25,28,30H,11-16H2,1-2H3/t20-,21?,23-,24+,25+/m0/s1. The molecule has 0 amide bonds. The molecule has 2 saturated heterocycles. The van der Waals surface area contributed by atoms with Crippen LogP contribution in [0.1, 0.15) is 33.8 Å². The quantitative estimate of drug-likeness (QED) is 0.648. The molecule has 2 aromatic carbocycles. The molecule has 32 heavy (non-hydrogen) atoms. The predicted octanol–water partition coefficient (Wildman–Crippen LogP) is 3.02. The third kappa shape index (κ3) is 4.64. The van der Waals surface area contributed by atoms with Gasteiger partial charge in [0.2, 0.25) is 0 Å². The molecule has 2 fully saturated rings. The molecule has 2 heterocycles. The smallest absolute Gasteiger partial charge is 0.167 e. The zero-order chi connectivity index (χ0) is 22.7. The van der Waals surface area contributed by atoms with Crippen LogP contribution >= 0.6 is 0 Å². The molecule has 172 valence electrons. The number of nitrogens with zero attached hydrogens (tertiary/aromatic N) is 1. The van der Waals surface area contributed by atoms with Crippen LogP contribution in [0.15, 0.2) is 48.5 Å². The van der Waals surface area contributed by atoms with Crippen LogP contribution in [0.3, 0.4) is 0 Å². The Labute approximate surface area is 189 Å². The summed E-state index contributed by atoms with van der Waals surface area (Å²) in [6, 6.07) is 14.4. The third-order valence-corrected chi connectivity index (χ3v) is 7.19.